The zero-order valence-electron chi connectivity index (χ0n) is 10.1. The molecule has 0 radical (unpaired) electrons. The Hall–Kier alpha value is -2.05. The maximum atomic E-state index is 11.9. The lowest BCUT2D eigenvalue weighted by molar-refractivity contribution is 0.0664. The Balaban J connectivity index is 0.00000137. The highest BCUT2D eigenvalue weighted by atomic mass is 19.3. The number of ether oxygens (including phenoxy) is 1. The van der Waals surface area contributed by atoms with Gasteiger partial charge in [-0.1, -0.05) is 13.8 Å². The van der Waals surface area contributed by atoms with Crippen molar-refractivity contribution in [1.29, 1.82) is 0 Å². The van der Waals surface area contributed by atoms with Crippen LogP contribution in [0.5, 0.6) is 5.75 Å². The molecule has 5 nitrogen and oxygen atoms in total. The van der Waals surface area contributed by atoms with Gasteiger partial charge < -0.3 is 21.3 Å². The van der Waals surface area contributed by atoms with E-state index in [1.165, 1.54) is 0 Å². The summed E-state index contributed by atoms with van der Waals surface area (Å²) in [5.74, 6) is -1.55. The zero-order valence-corrected chi connectivity index (χ0v) is 10.1. The van der Waals surface area contributed by atoms with Crippen LogP contribution in [-0.4, -0.2) is 24.1 Å². The number of rotatable bonds is 4. The van der Waals surface area contributed by atoms with E-state index in [1.807, 2.05) is 13.8 Å². The average Bonchev–Trinajstić information content (AvgIpc) is 2.32. The van der Waals surface area contributed by atoms with E-state index in [0.717, 1.165) is 12.1 Å². The summed E-state index contributed by atoms with van der Waals surface area (Å²) in [4.78, 5) is 10.8. The molecule has 0 bridgehead atoms. The maximum absolute atomic E-state index is 11.9. The number of carboxylic acids is 1. The first-order chi connectivity index (χ1) is 8.41. The van der Waals surface area contributed by atoms with Crippen molar-refractivity contribution >= 4 is 17.3 Å². The van der Waals surface area contributed by atoms with Gasteiger partial charge in [-0.3, -0.25) is 0 Å². The summed E-state index contributed by atoms with van der Waals surface area (Å²) in [7, 11) is 0. The first-order valence-electron chi connectivity index (χ1n) is 5.25. The highest BCUT2D eigenvalue weighted by Crippen LogP contribution is 2.27. The van der Waals surface area contributed by atoms with Crippen LogP contribution >= 0.6 is 0 Å². The van der Waals surface area contributed by atoms with E-state index in [2.05, 4.69) is 4.74 Å². The number of aromatic carboxylic acids is 1. The van der Waals surface area contributed by atoms with Crippen LogP contribution in [0.2, 0.25) is 0 Å². The molecule has 0 heterocycles. The van der Waals surface area contributed by atoms with E-state index in [-0.39, 0.29) is 22.7 Å². The SMILES string of the molecule is CC.Nc1cc(OCC(F)F)c(C(=O)O)cc1N. The maximum Gasteiger partial charge on any atom is 0.339 e. The lowest BCUT2D eigenvalue weighted by Gasteiger charge is -2.10. The lowest BCUT2D eigenvalue weighted by Crippen LogP contribution is -2.11. The van der Waals surface area contributed by atoms with Crippen LogP contribution in [-0.2, 0) is 0 Å². The molecule has 0 amide bonds. The van der Waals surface area contributed by atoms with Gasteiger partial charge in [-0.2, -0.15) is 0 Å². The van der Waals surface area contributed by atoms with E-state index in [1.54, 1.807) is 0 Å². The highest BCUT2D eigenvalue weighted by Gasteiger charge is 2.15. The summed E-state index contributed by atoms with van der Waals surface area (Å²) >= 11 is 0. The molecule has 102 valence electrons. The van der Waals surface area contributed by atoms with E-state index in [0.29, 0.717) is 0 Å². The van der Waals surface area contributed by atoms with Crippen molar-refractivity contribution in [2.75, 3.05) is 18.1 Å². The Bertz CT molecular complexity index is 412. The number of alkyl halides is 2. The molecule has 0 aliphatic carbocycles. The third-order valence-electron chi connectivity index (χ3n) is 1.78. The van der Waals surface area contributed by atoms with Crippen molar-refractivity contribution in [3.8, 4) is 5.75 Å². The standard InChI is InChI=1S/C9H10F2N2O3.C2H6/c10-8(11)3-16-7-2-6(13)5(12)1-4(7)9(14)15;1-2/h1-2,8H,3,12-13H2,(H,14,15);1-2H3. The van der Waals surface area contributed by atoms with Crippen molar-refractivity contribution < 1.29 is 23.4 Å². The first kappa shape index (κ1) is 16.0. The lowest BCUT2D eigenvalue weighted by atomic mass is 10.1. The monoisotopic (exact) mass is 262 g/mol. The summed E-state index contributed by atoms with van der Waals surface area (Å²) in [5, 5.41) is 8.78. The predicted molar refractivity (Wildman–Crippen MR) is 65.1 cm³/mol. The van der Waals surface area contributed by atoms with Gasteiger partial charge in [0, 0.05) is 6.07 Å². The molecule has 5 N–H and O–H groups in total. The smallest absolute Gasteiger partial charge is 0.339 e. The van der Waals surface area contributed by atoms with Crippen molar-refractivity contribution in [1.82, 2.24) is 0 Å². The van der Waals surface area contributed by atoms with E-state index in [4.69, 9.17) is 16.6 Å². The molecule has 0 aliphatic rings. The minimum Gasteiger partial charge on any atom is -0.487 e. The van der Waals surface area contributed by atoms with Gasteiger partial charge in [0.25, 0.3) is 6.43 Å². The molecule has 1 aromatic carbocycles. The van der Waals surface area contributed by atoms with E-state index < -0.39 is 19.0 Å². The van der Waals surface area contributed by atoms with Crippen LogP contribution in [0.3, 0.4) is 0 Å². The molecule has 18 heavy (non-hydrogen) atoms. The second-order valence-electron chi connectivity index (χ2n) is 2.98. The van der Waals surface area contributed by atoms with Crippen molar-refractivity contribution in [2.45, 2.75) is 20.3 Å². The summed E-state index contributed by atoms with van der Waals surface area (Å²) in [6, 6.07) is 2.18. The normalized spacial score (nSPS) is 9.61. The van der Waals surface area contributed by atoms with Crippen LogP contribution in [0.15, 0.2) is 12.1 Å². The molecule has 1 rings (SSSR count). The number of hydrogen-bond acceptors (Lipinski definition) is 4. The van der Waals surface area contributed by atoms with Gasteiger partial charge in [0.1, 0.15) is 17.9 Å². The van der Waals surface area contributed by atoms with Gasteiger partial charge >= 0.3 is 5.97 Å². The van der Waals surface area contributed by atoms with Gasteiger partial charge in [-0.05, 0) is 6.07 Å². The molecule has 0 spiro atoms. The number of anilines is 2. The van der Waals surface area contributed by atoms with Crippen LogP contribution in [0, 0.1) is 0 Å². The molecular weight excluding hydrogens is 246 g/mol. The zero-order chi connectivity index (χ0) is 14.3. The van der Waals surface area contributed by atoms with Crippen LogP contribution in [0.25, 0.3) is 0 Å². The Kier molecular flexibility index (Phi) is 6.48. The molecular formula is C11H16F2N2O3. The molecule has 0 saturated carbocycles. The van der Waals surface area contributed by atoms with Crippen molar-refractivity contribution in [3.05, 3.63) is 17.7 Å². The van der Waals surface area contributed by atoms with Crippen LogP contribution in [0.4, 0.5) is 20.2 Å². The van der Waals surface area contributed by atoms with Gasteiger partial charge in [0.2, 0.25) is 0 Å². The summed E-state index contributed by atoms with van der Waals surface area (Å²) in [6.45, 7) is 3.10. The summed E-state index contributed by atoms with van der Waals surface area (Å²) in [6.07, 6.45) is -2.69. The largest absolute Gasteiger partial charge is 0.487 e. The van der Waals surface area contributed by atoms with Gasteiger partial charge in [-0.25, -0.2) is 13.6 Å². The molecule has 0 aromatic heterocycles. The number of nitrogens with two attached hydrogens (primary N) is 2. The highest BCUT2D eigenvalue weighted by molar-refractivity contribution is 5.93. The number of carboxylic acid groups (broad SMARTS) is 1. The Morgan fingerprint density at radius 2 is 1.83 bits per heavy atom. The first-order valence-corrected chi connectivity index (χ1v) is 5.25. The van der Waals surface area contributed by atoms with Gasteiger partial charge in [-0.15, -0.1) is 0 Å². The number of hydrogen-bond donors (Lipinski definition) is 3. The molecule has 0 fully saturated rings. The van der Waals surface area contributed by atoms with Gasteiger partial charge in [0.15, 0.2) is 0 Å². The number of halogens is 2. The third-order valence-corrected chi connectivity index (χ3v) is 1.78. The fraction of sp³-hybridized carbons (Fsp3) is 0.364. The molecule has 0 unspecified atom stereocenters. The fourth-order valence-electron chi connectivity index (χ4n) is 1.05. The van der Waals surface area contributed by atoms with E-state index >= 15 is 0 Å². The molecule has 0 saturated heterocycles. The second-order valence-corrected chi connectivity index (χ2v) is 2.98. The average molecular weight is 262 g/mol. The molecule has 0 aliphatic heterocycles. The number of benzene rings is 1. The number of carbonyl (C=O) groups is 1. The van der Waals surface area contributed by atoms with Crippen LogP contribution < -0.4 is 16.2 Å². The molecule has 1 aromatic rings. The summed E-state index contributed by atoms with van der Waals surface area (Å²) < 4.78 is 28.4. The minimum absolute atomic E-state index is 0.0572. The minimum atomic E-state index is -2.69. The molecule has 0 atom stereocenters. The Labute approximate surface area is 103 Å². The van der Waals surface area contributed by atoms with E-state index in [9.17, 15) is 13.6 Å². The third kappa shape index (κ3) is 4.44. The van der Waals surface area contributed by atoms with Crippen molar-refractivity contribution in [3.63, 3.8) is 0 Å². The second kappa shape index (κ2) is 7.31. The summed E-state index contributed by atoms with van der Waals surface area (Å²) in [5.41, 5.74) is 10.6. The van der Waals surface area contributed by atoms with Gasteiger partial charge in [0.05, 0.1) is 11.4 Å². The Morgan fingerprint density at radius 3 is 2.28 bits per heavy atom. The fourth-order valence-corrected chi connectivity index (χ4v) is 1.05. The Morgan fingerprint density at radius 1 is 1.33 bits per heavy atom. The van der Waals surface area contributed by atoms with Crippen LogP contribution in [0.1, 0.15) is 24.2 Å². The van der Waals surface area contributed by atoms with Crippen molar-refractivity contribution in [2.24, 2.45) is 0 Å². The quantitative estimate of drug-likeness (QED) is 0.722. The predicted octanol–water partition coefficient (Wildman–Crippen LogP) is 2.22. The molecule has 7 heteroatoms. The topological polar surface area (TPSA) is 98.6 Å². The number of nitrogen functional groups attached to an aromatic ring is 2.